The summed E-state index contributed by atoms with van der Waals surface area (Å²) in [6, 6.07) is 6.86. The monoisotopic (exact) mass is 463 g/mol. The van der Waals surface area contributed by atoms with E-state index in [-0.39, 0.29) is 24.2 Å². The predicted molar refractivity (Wildman–Crippen MR) is 125 cm³/mol. The van der Waals surface area contributed by atoms with Gasteiger partial charge in [-0.2, -0.15) is 5.26 Å². The van der Waals surface area contributed by atoms with Crippen molar-refractivity contribution in [3.8, 4) is 17.6 Å². The molecule has 0 saturated carbocycles. The molecule has 0 bridgehead atoms. The van der Waals surface area contributed by atoms with Gasteiger partial charge in [-0.15, -0.1) is 0 Å². The van der Waals surface area contributed by atoms with Crippen molar-refractivity contribution in [1.29, 1.82) is 5.26 Å². The highest BCUT2D eigenvalue weighted by Gasteiger charge is 2.25. The number of pyridine rings is 1. The molecule has 10 nitrogen and oxygen atoms in total. The summed E-state index contributed by atoms with van der Waals surface area (Å²) in [7, 11) is 0. The van der Waals surface area contributed by atoms with Gasteiger partial charge in [-0.05, 0) is 25.0 Å². The summed E-state index contributed by atoms with van der Waals surface area (Å²) in [5, 5.41) is 15.7. The highest BCUT2D eigenvalue weighted by molar-refractivity contribution is 5.78. The zero-order chi connectivity index (χ0) is 23.5. The first kappa shape index (κ1) is 22.0. The van der Waals surface area contributed by atoms with Crippen LogP contribution in [-0.4, -0.2) is 75.5 Å². The van der Waals surface area contributed by atoms with Gasteiger partial charge in [0.05, 0.1) is 12.3 Å². The van der Waals surface area contributed by atoms with Crippen LogP contribution in [0.4, 0.5) is 16.0 Å². The Morgan fingerprint density at radius 1 is 1.26 bits per heavy atom. The lowest BCUT2D eigenvalue weighted by Crippen LogP contribution is -2.45. The fourth-order valence-electron chi connectivity index (χ4n) is 4.51. The van der Waals surface area contributed by atoms with Gasteiger partial charge in [0.2, 0.25) is 5.91 Å². The van der Waals surface area contributed by atoms with Crippen molar-refractivity contribution in [1.82, 2.24) is 29.6 Å². The fraction of sp³-hybridized carbons (Fsp3) is 0.435. The molecular weight excluding hydrogens is 437 g/mol. The topological polar surface area (TPSA) is 114 Å². The lowest BCUT2D eigenvalue weighted by molar-refractivity contribution is -0.131. The van der Waals surface area contributed by atoms with Crippen LogP contribution in [0.5, 0.6) is 0 Å². The number of carbonyl (C=O) groups is 1. The Bertz CT molecular complexity index is 1230. The largest absolute Gasteiger partial charge is 0.365 e. The molecule has 11 heteroatoms. The van der Waals surface area contributed by atoms with Crippen molar-refractivity contribution in [3.63, 3.8) is 0 Å². The number of anilines is 2. The van der Waals surface area contributed by atoms with Crippen LogP contribution in [0.25, 0.3) is 17.2 Å². The minimum Gasteiger partial charge on any atom is -0.365 e. The number of aromatic nitrogens is 4. The van der Waals surface area contributed by atoms with Crippen LogP contribution in [0.1, 0.15) is 19.3 Å². The maximum absolute atomic E-state index is 14.0. The van der Waals surface area contributed by atoms with E-state index in [1.807, 2.05) is 12.1 Å². The molecule has 1 amide bonds. The summed E-state index contributed by atoms with van der Waals surface area (Å²) < 4.78 is 15.6. The highest BCUT2D eigenvalue weighted by atomic mass is 19.1. The molecule has 2 fully saturated rings. The fourth-order valence-corrected chi connectivity index (χ4v) is 4.51. The molecule has 176 valence electrons. The molecule has 0 aromatic carbocycles. The molecule has 1 atom stereocenters. The molecule has 2 N–H and O–H groups in total. The first-order valence-corrected chi connectivity index (χ1v) is 11.5. The van der Waals surface area contributed by atoms with Crippen molar-refractivity contribution >= 4 is 23.2 Å². The van der Waals surface area contributed by atoms with Gasteiger partial charge in [0.25, 0.3) is 0 Å². The third-order valence-electron chi connectivity index (χ3n) is 6.21. The minimum absolute atomic E-state index is 0.00893. The lowest BCUT2D eigenvalue weighted by Gasteiger charge is -2.33. The van der Waals surface area contributed by atoms with Crippen LogP contribution in [0.15, 0.2) is 30.6 Å². The SMILES string of the molecule is N#CCC(=O)N1CCCC(Nc2cc(N3CCNCC3)nc(-c3cnc4ccc(F)cn34)n2)C1. The number of likely N-dealkylation sites (tertiary alicyclic amines) is 1. The van der Waals surface area contributed by atoms with E-state index in [4.69, 9.17) is 15.2 Å². The highest BCUT2D eigenvalue weighted by Crippen LogP contribution is 2.25. The van der Waals surface area contributed by atoms with Crippen molar-refractivity contribution < 1.29 is 9.18 Å². The van der Waals surface area contributed by atoms with Crippen LogP contribution in [-0.2, 0) is 4.79 Å². The predicted octanol–water partition coefficient (Wildman–Crippen LogP) is 1.66. The van der Waals surface area contributed by atoms with Crippen LogP contribution in [0.2, 0.25) is 0 Å². The Kier molecular flexibility index (Phi) is 6.22. The number of nitrogens with one attached hydrogen (secondary N) is 2. The van der Waals surface area contributed by atoms with E-state index in [9.17, 15) is 9.18 Å². The molecule has 34 heavy (non-hydrogen) atoms. The molecule has 3 aromatic heterocycles. The molecule has 2 aliphatic rings. The summed E-state index contributed by atoms with van der Waals surface area (Å²) in [4.78, 5) is 30.1. The summed E-state index contributed by atoms with van der Waals surface area (Å²) >= 11 is 0. The number of carbonyl (C=O) groups excluding carboxylic acids is 1. The number of piperazine rings is 1. The molecule has 2 saturated heterocycles. The van der Waals surface area contributed by atoms with E-state index in [0.717, 1.165) is 44.8 Å². The zero-order valence-electron chi connectivity index (χ0n) is 18.7. The molecule has 2 aliphatic heterocycles. The number of piperidine rings is 1. The Morgan fingerprint density at radius 3 is 2.94 bits per heavy atom. The third-order valence-corrected chi connectivity index (χ3v) is 6.21. The van der Waals surface area contributed by atoms with E-state index in [1.54, 1.807) is 21.6 Å². The number of hydrogen-bond donors (Lipinski definition) is 2. The zero-order valence-corrected chi connectivity index (χ0v) is 18.7. The Hall–Kier alpha value is -3.78. The van der Waals surface area contributed by atoms with Gasteiger partial charge in [-0.1, -0.05) is 0 Å². The van der Waals surface area contributed by atoms with Gasteiger partial charge in [0.15, 0.2) is 5.82 Å². The van der Waals surface area contributed by atoms with E-state index >= 15 is 0 Å². The van der Waals surface area contributed by atoms with Crippen LogP contribution in [0, 0.1) is 17.1 Å². The maximum Gasteiger partial charge on any atom is 0.236 e. The number of nitrogens with zero attached hydrogens (tertiary/aromatic N) is 7. The quantitative estimate of drug-likeness (QED) is 0.587. The smallest absolute Gasteiger partial charge is 0.236 e. The average Bonchev–Trinajstić information content (AvgIpc) is 3.28. The van der Waals surface area contributed by atoms with Gasteiger partial charge in [0.1, 0.15) is 35.2 Å². The van der Waals surface area contributed by atoms with Gasteiger partial charge in [-0.25, -0.2) is 19.3 Å². The van der Waals surface area contributed by atoms with Gasteiger partial charge >= 0.3 is 0 Å². The van der Waals surface area contributed by atoms with Gasteiger partial charge in [-0.3, -0.25) is 9.20 Å². The van der Waals surface area contributed by atoms with E-state index < -0.39 is 0 Å². The molecule has 0 radical (unpaired) electrons. The number of hydrogen-bond acceptors (Lipinski definition) is 8. The van der Waals surface area contributed by atoms with Gasteiger partial charge < -0.3 is 20.4 Å². The molecule has 5 rings (SSSR count). The van der Waals surface area contributed by atoms with Crippen molar-refractivity contribution in [3.05, 3.63) is 36.4 Å². The summed E-state index contributed by atoms with van der Waals surface area (Å²) in [6.45, 7) is 4.54. The van der Waals surface area contributed by atoms with E-state index in [0.29, 0.717) is 36.1 Å². The van der Waals surface area contributed by atoms with Gasteiger partial charge in [0, 0.05) is 57.6 Å². The third kappa shape index (κ3) is 4.63. The van der Waals surface area contributed by atoms with Crippen LogP contribution < -0.4 is 15.5 Å². The molecule has 1 unspecified atom stereocenters. The van der Waals surface area contributed by atoms with Crippen molar-refractivity contribution in [2.75, 3.05) is 49.5 Å². The summed E-state index contributed by atoms with van der Waals surface area (Å²) in [5.74, 6) is 1.36. The number of amides is 1. The lowest BCUT2D eigenvalue weighted by atomic mass is 10.1. The van der Waals surface area contributed by atoms with Crippen molar-refractivity contribution in [2.45, 2.75) is 25.3 Å². The van der Waals surface area contributed by atoms with E-state index in [2.05, 4.69) is 20.5 Å². The van der Waals surface area contributed by atoms with Crippen molar-refractivity contribution in [2.24, 2.45) is 0 Å². The Labute approximate surface area is 196 Å². The average molecular weight is 464 g/mol. The second kappa shape index (κ2) is 9.61. The van der Waals surface area contributed by atoms with E-state index in [1.165, 1.54) is 12.3 Å². The van der Waals surface area contributed by atoms with Crippen LogP contribution in [0.3, 0.4) is 0 Å². The molecule has 3 aromatic rings. The molecule has 0 spiro atoms. The first-order valence-electron chi connectivity index (χ1n) is 11.5. The summed E-state index contributed by atoms with van der Waals surface area (Å²) in [6.07, 6.45) is 4.66. The number of nitriles is 1. The number of imidazole rings is 1. The Balaban J connectivity index is 1.47. The minimum atomic E-state index is -0.368. The second-order valence-corrected chi connectivity index (χ2v) is 8.55. The first-order chi connectivity index (χ1) is 16.6. The second-order valence-electron chi connectivity index (χ2n) is 8.55. The van der Waals surface area contributed by atoms with Crippen LogP contribution >= 0.6 is 0 Å². The standard InChI is InChI=1S/C23H26FN9O/c24-16-3-4-20-27-13-18(33(20)14-16)23-29-19(12-21(30-23)31-10-7-26-8-11-31)28-17-2-1-9-32(15-17)22(34)5-6-25/h3-4,12-14,17,26H,1-2,5,7-11,15H2,(H,28,29,30). The maximum atomic E-state index is 14.0. The summed E-state index contributed by atoms with van der Waals surface area (Å²) in [5.41, 5.74) is 1.21. The number of fused-ring (bicyclic) bond motifs is 1. The molecule has 5 heterocycles. The molecular formula is C23H26FN9O. The molecule has 0 aliphatic carbocycles. The normalized spacial score (nSPS) is 18.6. The Morgan fingerprint density at radius 2 is 2.12 bits per heavy atom. The number of rotatable bonds is 5. The number of halogens is 1.